The van der Waals surface area contributed by atoms with Crippen molar-refractivity contribution in [3.8, 4) is 5.75 Å². The van der Waals surface area contributed by atoms with Gasteiger partial charge in [-0.25, -0.2) is 0 Å². The minimum Gasteiger partial charge on any atom is -0.508 e. The molecule has 0 atom stereocenters. The number of rotatable bonds is 5. The molecule has 0 aromatic heterocycles. The summed E-state index contributed by atoms with van der Waals surface area (Å²) in [5, 5.41) is 10.4. The van der Waals surface area contributed by atoms with Crippen molar-refractivity contribution in [2.24, 2.45) is 0 Å². The maximum atomic E-state index is 12.3. The van der Waals surface area contributed by atoms with Gasteiger partial charge < -0.3 is 10.0 Å². The third-order valence-corrected chi connectivity index (χ3v) is 3.03. The van der Waals surface area contributed by atoms with Crippen LogP contribution in [-0.4, -0.2) is 34.3 Å². The van der Waals surface area contributed by atoms with Crippen LogP contribution in [0.1, 0.15) is 29.3 Å². The molecule has 3 nitrogen and oxygen atoms in total. The first kappa shape index (κ1) is 14.0. The topological polar surface area (TPSA) is 40.5 Å². The van der Waals surface area contributed by atoms with Gasteiger partial charge in [-0.05, 0) is 25.5 Å². The molecule has 0 aliphatic carbocycles. The molecule has 0 saturated heterocycles. The van der Waals surface area contributed by atoms with E-state index in [1.165, 1.54) is 0 Å². The summed E-state index contributed by atoms with van der Waals surface area (Å²) in [5.41, 5.74) is 1.23. The van der Waals surface area contributed by atoms with E-state index >= 15 is 0 Å². The third kappa shape index (κ3) is 3.46. The van der Waals surface area contributed by atoms with Crippen LogP contribution in [0, 0.1) is 6.92 Å². The van der Waals surface area contributed by atoms with Crippen LogP contribution >= 0.6 is 15.9 Å². The summed E-state index contributed by atoms with van der Waals surface area (Å²) in [5.74, 6) is 0.158. The van der Waals surface area contributed by atoms with Gasteiger partial charge in [-0.1, -0.05) is 28.9 Å². The minimum atomic E-state index is -0.0142. The van der Waals surface area contributed by atoms with Gasteiger partial charge in [0.25, 0.3) is 5.91 Å². The van der Waals surface area contributed by atoms with Gasteiger partial charge in [-0.3, -0.25) is 4.79 Å². The zero-order valence-corrected chi connectivity index (χ0v) is 11.8. The second-order valence-electron chi connectivity index (χ2n) is 3.93. The van der Waals surface area contributed by atoms with Crippen LogP contribution in [0.2, 0.25) is 0 Å². The molecule has 0 saturated carbocycles. The minimum absolute atomic E-state index is 0.0142. The zero-order valence-electron chi connectivity index (χ0n) is 10.2. The molecule has 0 aliphatic rings. The lowest BCUT2D eigenvalue weighted by Gasteiger charge is -2.22. The van der Waals surface area contributed by atoms with Gasteiger partial charge >= 0.3 is 0 Å². The van der Waals surface area contributed by atoms with E-state index in [9.17, 15) is 9.90 Å². The van der Waals surface area contributed by atoms with Crippen LogP contribution in [0.5, 0.6) is 5.75 Å². The average Bonchev–Trinajstić information content (AvgIpc) is 2.31. The lowest BCUT2D eigenvalue weighted by Crippen LogP contribution is -2.33. The van der Waals surface area contributed by atoms with E-state index in [-0.39, 0.29) is 11.7 Å². The molecule has 0 heterocycles. The normalized spacial score (nSPS) is 10.3. The third-order valence-electron chi connectivity index (χ3n) is 2.67. The Labute approximate surface area is 111 Å². The molecule has 0 unspecified atom stereocenters. The van der Waals surface area contributed by atoms with Crippen molar-refractivity contribution in [1.29, 1.82) is 0 Å². The summed E-state index contributed by atoms with van der Waals surface area (Å²) in [6.07, 6.45) is 0.927. The van der Waals surface area contributed by atoms with E-state index in [0.29, 0.717) is 17.7 Å². The lowest BCUT2D eigenvalue weighted by molar-refractivity contribution is 0.0765. The van der Waals surface area contributed by atoms with Gasteiger partial charge in [0.15, 0.2) is 0 Å². The van der Waals surface area contributed by atoms with Crippen LogP contribution in [0.4, 0.5) is 0 Å². The number of carbonyl (C=O) groups excluding carboxylic acids is 1. The molecule has 94 valence electrons. The molecule has 17 heavy (non-hydrogen) atoms. The smallest absolute Gasteiger partial charge is 0.254 e. The fourth-order valence-electron chi connectivity index (χ4n) is 1.71. The Balaban J connectivity index is 2.96. The lowest BCUT2D eigenvalue weighted by atomic mass is 10.1. The maximum absolute atomic E-state index is 12.3. The number of amides is 1. The Morgan fingerprint density at radius 1 is 1.41 bits per heavy atom. The predicted octanol–water partition coefficient (Wildman–Crippen LogP) is 2.95. The number of alkyl halides is 1. The zero-order chi connectivity index (χ0) is 12.8. The van der Waals surface area contributed by atoms with E-state index in [1.54, 1.807) is 30.0 Å². The molecule has 0 bridgehead atoms. The van der Waals surface area contributed by atoms with Crippen LogP contribution < -0.4 is 0 Å². The molecule has 4 heteroatoms. The number of hydrogen-bond acceptors (Lipinski definition) is 2. The molecule has 0 fully saturated rings. The summed E-state index contributed by atoms with van der Waals surface area (Å²) >= 11 is 3.35. The number of carbonyl (C=O) groups is 1. The number of nitrogens with zero attached hydrogens (tertiary/aromatic N) is 1. The molecule has 0 aliphatic heterocycles. The number of phenols is 1. The summed E-state index contributed by atoms with van der Waals surface area (Å²) in [7, 11) is 0. The predicted molar refractivity (Wildman–Crippen MR) is 72.8 cm³/mol. The molecule has 1 amide bonds. The molecule has 1 N–H and O–H groups in total. The van der Waals surface area contributed by atoms with E-state index in [1.807, 2.05) is 6.92 Å². The highest BCUT2D eigenvalue weighted by Crippen LogP contribution is 2.21. The van der Waals surface area contributed by atoms with Crippen molar-refractivity contribution in [2.45, 2.75) is 20.3 Å². The van der Waals surface area contributed by atoms with Gasteiger partial charge in [0.1, 0.15) is 5.75 Å². The summed E-state index contributed by atoms with van der Waals surface area (Å²) in [6, 6.07) is 5.06. The molecule has 0 spiro atoms. The Morgan fingerprint density at radius 3 is 2.71 bits per heavy atom. The highest BCUT2D eigenvalue weighted by Gasteiger charge is 2.17. The van der Waals surface area contributed by atoms with Crippen LogP contribution in [0.15, 0.2) is 18.2 Å². The van der Waals surface area contributed by atoms with E-state index in [2.05, 4.69) is 15.9 Å². The van der Waals surface area contributed by atoms with Gasteiger partial charge in [0, 0.05) is 29.5 Å². The fraction of sp³-hybridized carbons (Fsp3) is 0.462. The van der Waals surface area contributed by atoms with Crippen molar-refractivity contribution in [2.75, 3.05) is 18.4 Å². The average molecular weight is 300 g/mol. The highest BCUT2D eigenvalue weighted by molar-refractivity contribution is 9.09. The standard InChI is InChI=1S/C13H18BrNO2/c1-3-8-15(9-7-14)13(17)11-5-4-6-12(16)10(11)2/h4-6,16H,3,7-9H2,1-2H3. The first-order chi connectivity index (χ1) is 8.11. The summed E-state index contributed by atoms with van der Waals surface area (Å²) < 4.78 is 0. The van der Waals surface area contributed by atoms with Gasteiger partial charge in [0.2, 0.25) is 0 Å². The van der Waals surface area contributed by atoms with Crippen LogP contribution in [0.3, 0.4) is 0 Å². The molecule has 1 aromatic rings. The second-order valence-corrected chi connectivity index (χ2v) is 4.72. The Hall–Kier alpha value is -1.03. The number of aromatic hydroxyl groups is 1. The largest absolute Gasteiger partial charge is 0.508 e. The first-order valence-corrected chi connectivity index (χ1v) is 6.87. The van der Waals surface area contributed by atoms with Crippen molar-refractivity contribution in [3.63, 3.8) is 0 Å². The van der Waals surface area contributed by atoms with Crippen molar-refractivity contribution in [1.82, 2.24) is 4.90 Å². The number of benzene rings is 1. The van der Waals surface area contributed by atoms with E-state index in [4.69, 9.17) is 0 Å². The highest BCUT2D eigenvalue weighted by atomic mass is 79.9. The second kappa shape index (κ2) is 6.64. The first-order valence-electron chi connectivity index (χ1n) is 5.75. The van der Waals surface area contributed by atoms with Crippen LogP contribution in [0.25, 0.3) is 0 Å². The number of phenolic OH excluding ortho intramolecular Hbond substituents is 1. The maximum Gasteiger partial charge on any atom is 0.254 e. The molecule has 0 radical (unpaired) electrons. The Kier molecular flexibility index (Phi) is 5.48. The molecule has 1 aromatic carbocycles. The summed E-state index contributed by atoms with van der Waals surface area (Å²) in [6.45, 7) is 5.23. The number of hydrogen-bond donors (Lipinski definition) is 1. The quantitative estimate of drug-likeness (QED) is 0.849. The Morgan fingerprint density at radius 2 is 2.12 bits per heavy atom. The van der Waals surface area contributed by atoms with Gasteiger partial charge in [-0.15, -0.1) is 0 Å². The molecular weight excluding hydrogens is 282 g/mol. The molecular formula is C13H18BrNO2. The van der Waals surface area contributed by atoms with E-state index in [0.717, 1.165) is 18.3 Å². The van der Waals surface area contributed by atoms with Crippen LogP contribution in [-0.2, 0) is 0 Å². The van der Waals surface area contributed by atoms with Crippen molar-refractivity contribution in [3.05, 3.63) is 29.3 Å². The summed E-state index contributed by atoms with van der Waals surface area (Å²) in [4.78, 5) is 14.1. The number of halogens is 1. The van der Waals surface area contributed by atoms with E-state index < -0.39 is 0 Å². The van der Waals surface area contributed by atoms with Gasteiger partial charge in [-0.2, -0.15) is 0 Å². The fourth-order valence-corrected chi connectivity index (χ4v) is 2.14. The van der Waals surface area contributed by atoms with Crippen molar-refractivity contribution < 1.29 is 9.90 Å². The Bertz CT molecular complexity index is 387. The SMILES string of the molecule is CCCN(CCBr)C(=O)c1cccc(O)c1C. The van der Waals surface area contributed by atoms with Gasteiger partial charge in [0.05, 0.1) is 0 Å². The molecule has 1 rings (SSSR count). The monoisotopic (exact) mass is 299 g/mol. The van der Waals surface area contributed by atoms with Crippen molar-refractivity contribution >= 4 is 21.8 Å².